The number of benzene rings is 2. The van der Waals surface area contributed by atoms with Crippen molar-refractivity contribution in [3.63, 3.8) is 0 Å². The van der Waals surface area contributed by atoms with Crippen molar-refractivity contribution in [2.75, 3.05) is 11.1 Å². The zero-order chi connectivity index (χ0) is 17.6. The van der Waals surface area contributed by atoms with Gasteiger partial charge < -0.3 is 10.3 Å². The van der Waals surface area contributed by atoms with E-state index in [1.54, 1.807) is 6.07 Å². The van der Waals surface area contributed by atoms with Crippen molar-refractivity contribution in [1.82, 2.24) is 9.97 Å². The lowest BCUT2D eigenvalue weighted by Gasteiger charge is -2.06. The topological polar surface area (TPSA) is 74.8 Å². The van der Waals surface area contributed by atoms with Crippen LogP contribution in [0.15, 0.2) is 70.6 Å². The van der Waals surface area contributed by atoms with Crippen molar-refractivity contribution in [3.05, 3.63) is 76.8 Å². The molecular weight excluding hydrogens is 341 g/mol. The van der Waals surface area contributed by atoms with Crippen LogP contribution in [0.1, 0.15) is 0 Å². The fourth-order valence-electron chi connectivity index (χ4n) is 2.16. The maximum atomic E-state index is 13.1. The number of halogens is 1. The lowest BCUT2D eigenvalue weighted by molar-refractivity contribution is -0.113. The van der Waals surface area contributed by atoms with Crippen LogP contribution in [0.5, 0.6) is 0 Å². The molecule has 0 aliphatic heterocycles. The Morgan fingerprint density at radius 2 is 1.92 bits per heavy atom. The fraction of sp³-hybridized carbons (Fsp3) is 0.0556. The molecule has 0 fully saturated rings. The number of aromatic nitrogens is 2. The number of carbonyl (C=O) groups is 1. The molecule has 7 heteroatoms. The summed E-state index contributed by atoms with van der Waals surface area (Å²) in [6.45, 7) is 0. The van der Waals surface area contributed by atoms with Crippen LogP contribution in [0.3, 0.4) is 0 Å². The average Bonchev–Trinajstić information content (AvgIpc) is 2.60. The van der Waals surface area contributed by atoms with E-state index in [0.29, 0.717) is 16.5 Å². The predicted octanol–water partition coefficient (Wildman–Crippen LogP) is 3.31. The van der Waals surface area contributed by atoms with Gasteiger partial charge in [-0.05, 0) is 18.2 Å². The van der Waals surface area contributed by atoms with Crippen molar-refractivity contribution < 1.29 is 9.18 Å². The molecule has 3 aromatic rings. The van der Waals surface area contributed by atoms with Crippen LogP contribution < -0.4 is 10.9 Å². The zero-order valence-electron chi connectivity index (χ0n) is 13.0. The minimum Gasteiger partial charge on any atom is -0.325 e. The minimum atomic E-state index is -0.424. The fourth-order valence-corrected chi connectivity index (χ4v) is 2.83. The zero-order valence-corrected chi connectivity index (χ0v) is 13.8. The maximum Gasteiger partial charge on any atom is 0.252 e. The number of thioether (sulfide) groups is 1. The first-order valence-electron chi connectivity index (χ1n) is 7.45. The van der Waals surface area contributed by atoms with Crippen molar-refractivity contribution in [2.24, 2.45) is 0 Å². The highest BCUT2D eigenvalue weighted by atomic mass is 32.2. The number of aromatic amines is 1. The smallest absolute Gasteiger partial charge is 0.252 e. The van der Waals surface area contributed by atoms with Crippen molar-refractivity contribution in [3.8, 4) is 11.3 Å². The molecule has 0 saturated heterocycles. The lowest BCUT2D eigenvalue weighted by atomic mass is 10.1. The number of hydrogen-bond donors (Lipinski definition) is 2. The molecule has 0 bridgehead atoms. The molecule has 0 aliphatic carbocycles. The average molecular weight is 355 g/mol. The van der Waals surface area contributed by atoms with Gasteiger partial charge in [-0.1, -0.05) is 48.2 Å². The van der Waals surface area contributed by atoms with E-state index < -0.39 is 5.82 Å². The van der Waals surface area contributed by atoms with Gasteiger partial charge in [-0.3, -0.25) is 9.59 Å². The molecule has 0 atom stereocenters. The van der Waals surface area contributed by atoms with Gasteiger partial charge in [-0.2, -0.15) is 0 Å². The van der Waals surface area contributed by atoms with E-state index in [1.807, 2.05) is 30.3 Å². The third-order valence-corrected chi connectivity index (χ3v) is 4.11. The Kier molecular flexibility index (Phi) is 5.25. The molecule has 1 aromatic heterocycles. The SMILES string of the molecule is O=C(CSc1nc(-c2ccccc2)cc(=O)[nH]1)Nc1cccc(F)c1. The maximum absolute atomic E-state index is 13.1. The summed E-state index contributed by atoms with van der Waals surface area (Å²) < 4.78 is 13.1. The molecule has 0 spiro atoms. The van der Waals surface area contributed by atoms with Gasteiger partial charge in [0.2, 0.25) is 5.91 Å². The second-order valence-corrected chi connectivity index (χ2v) is 6.11. The first kappa shape index (κ1) is 16.9. The first-order chi connectivity index (χ1) is 12.1. The van der Waals surface area contributed by atoms with Gasteiger partial charge >= 0.3 is 0 Å². The monoisotopic (exact) mass is 355 g/mol. The van der Waals surface area contributed by atoms with Gasteiger partial charge in [0.05, 0.1) is 11.4 Å². The molecule has 2 N–H and O–H groups in total. The normalized spacial score (nSPS) is 10.4. The van der Waals surface area contributed by atoms with E-state index in [9.17, 15) is 14.0 Å². The van der Waals surface area contributed by atoms with Gasteiger partial charge in [0.1, 0.15) is 5.82 Å². The van der Waals surface area contributed by atoms with Crippen molar-refractivity contribution in [2.45, 2.75) is 5.16 Å². The molecule has 25 heavy (non-hydrogen) atoms. The summed E-state index contributed by atoms with van der Waals surface area (Å²) in [6.07, 6.45) is 0. The summed E-state index contributed by atoms with van der Waals surface area (Å²) in [4.78, 5) is 30.7. The molecule has 126 valence electrons. The van der Waals surface area contributed by atoms with E-state index in [1.165, 1.54) is 24.3 Å². The summed E-state index contributed by atoms with van der Waals surface area (Å²) in [6, 6.07) is 16.4. The third kappa shape index (κ3) is 4.77. The molecule has 2 aromatic carbocycles. The number of rotatable bonds is 5. The number of anilines is 1. The summed E-state index contributed by atoms with van der Waals surface area (Å²) in [7, 11) is 0. The number of carbonyl (C=O) groups excluding carboxylic acids is 1. The van der Waals surface area contributed by atoms with E-state index in [2.05, 4.69) is 15.3 Å². The summed E-state index contributed by atoms with van der Waals surface area (Å²) in [5.74, 6) is -0.701. The number of nitrogens with one attached hydrogen (secondary N) is 2. The second-order valence-electron chi connectivity index (χ2n) is 5.15. The number of amides is 1. The number of hydrogen-bond acceptors (Lipinski definition) is 4. The highest BCUT2D eigenvalue weighted by Gasteiger charge is 2.08. The Bertz CT molecular complexity index is 944. The van der Waals surface area contributed by atoms with Crippen LogP contribution in [-0.2, 0) is 4.79 Å². The largest absolute Gasteiger partial charge is 0.325 e. The molecule has 0 aliphatic rings. The Hall–Kier alpha value is -2.93. The van der Waals surface area contributed by atoms with Gasteiger partial charge in [-0.15, -0.1) is 0 Å². The molecular formula is C18H14FN3O2S. The Morgan fingerprint density at radius 3 is 2.68 bits per heavy atom. The number of nitrogens with zero attached hydrogens (tertiary/aromatic N) is 1. The molecule has 5 nitrogen and oxygen atoms in total. The van der Waals surface area contributed by atoms with Crippen molar-refractivity contribution in [1.29, 1.82) is 0 Å². The van der Waals surface area contributed by atoms with Gasteiger partial charge in [0.15, 0.2) is 5.16 Å². The Balaban J connectivity index is 1.68. The first-order valence-corrected chi connectivity index (χ1v) is 8.44. The summed E-state index contributed by atoms with van der Waals surface area (Å²) in [5, 5.41) is 2.94. The van der Waals surface area contributed by atoms with Gasteiger partial charge in [-0.25, -0.2) is 9.37 Å². The van der Waals surface area contributed by atoms with Crippen molar-refractivity contribution >= 4 is 23.4 Å². The van der Waals surface area contributed by atoms with Crippen LogP contribution >= 0.6 is 11.8 Å². The standard InChI is InChI=1S/C18H14FN3O2S/c19-13-7-4-8-14(9-13)20-17(24)11-25-18-21-15(10-16(23)22-18)12-5-2-1-3-6-12/h1-10H,11H2,(H,20,24)(H,21,22,23). The van der Waals surface area contributed by atoms with Crippen LogP contribution in [0, 0.1) is 5.82 Å². The molecule has 0 radical (unpaired) electrons. The molecule has 0 saturated carbocycles. The van der Waals surface area contributed by atoms with E-state index in [0.717, 1.165) is 17.3 Å². The molecule has 1 heterocycles. The predicted molar refractivity (Wildman–Crippen MR) is 96.0 cm³/mol. The van der Waals surface area contributed by atoms with Crippen LogP contribution in [-0.4, -0.2) is 21.6 Å². The van der Waals surface area contributed by atoms with E-state index in [-0.39, 0.29) is 17.2 Å². The van der Waals surface area contributed by atoms with Gasteiger partial charge in [0, 0.05) is 17.3 Å². The lowest BCUT2D eigenvalue weighted by Crippen LogP contribution is -2.15. The second kappa shape index (κ2) is 7.76. The van der Waals surface area contributed by atoms with Gasteiger partial charge in [0.25, 0.3) is 5.56 Å². The van der Waals surface area contributed by atoms with E-state index in [4.69, 9.17) is 0 Å². The highest BCUT2D eigenvalue weighted by molar-refractivity contribution is 7.99. The minimum absolute atomic E-state index is 0.0394. The summed E-state index contributed by atoms with van der Waals surface area (Å²) >= 11 is 1.10. The Morgan fingerprint density at radius 1 is 1.12 bits per heavy atom. The quantitative estimate of drug-likeness (QED) is 0.544. The molecule has 0 unspecified atom stereocenters. The number of H-pyrrole nitrogens is 1. The van der Waals surface area contributed by atoms with Crippen LogP contribution in [0.4, 0.5) is 10.1 Å². The van der Waals surface area contributed by atoms with Crippen LogP contribution in [0.2, 0.25) is 0 Å². The Labute approximate surface area is 147 Å². The summed E-state index contributed by atoms with van der Waals surface area (Å²) in [5.41, 5.74) is 1.45. The molecule has 1 amide bonds. The molecule has 3 rings (SSSR count). The van der Waals surface area contributed by atoms with Crippen LogP contribution in [0.25, 0.3) is 11.3 Å². The highest BCUT2D eigenvalue weighted by Crippen LogP contribution is 2.19. The third-order valence-electron chi connectivity index (χ3n) is 3.24. The van der Waals surface area contributed by atoms with E-state index >= 15 is 0 Å².